The van der Waals surface area contributed by atoms with E-state index in [0.717, 1.165) is 19.1 Å². The van der Waals surface area contributed by atoms with Crippen molar-refractivity contribution >= 4 is 53.4 Å². The Bertz CT molecular complexity index is 1370. The third-order valence-corrected chi connectivity index (χ3v) is 7.71. The highest BCUT2D eigenvalue weighted by Gasteiger charge is 2.41. The Morgan fingerprint density at radius 1 is 0.950 bits per heavy atom. The molecule has 0 spiro atoms. The first-order valence-corrected chi connectivity index (χ1v) is 14.1. The summed E-state index contributed by atoms with van der Waals surface area (Å²) in [5.41, 5.74) is -4.32. The number of sulfone groups is 1. The van der Waals surface area contributed by atoms with E-state index in [2.05, 4.69) is 31.9 Å². The summed E-state index contributed by atoms with van der Waals surface area (Å²) in [5.74, 6) is -9.28. The minimum atomic E-state index is -5.33. The van der Waals surface area contributed by atoms with Gasteiger partial charge in [0, 0.05) is 20.6 Å². The van der Waals surface area contributed by atoms with Gasteiger partial charge in [0.2, 0.25) is 0 Å². The molecule has 0 saturated heterocycles. The molecule has 2 aromatic rings. The molecule has 40 heavy (non-hydrogen) atoms. The molecule has 222 valence electrons. The van der Waals surface area contributed by atoms with Crippen LogP contribution >= 0.6 is 31.9 Å². The van der Waals surface area contributed by atoms with Gasteiger partial charge in [-0.2, -0.15) is 39.5 Å². The summed E-state index contributed by atoms with van der Waals surface area (Å²) in [6.07, 6.45) is -15.4. The van der Waals surface area contributed by atoms with Crippen molar-refractivity contribution in [3.05, 3.63) is 73.7 Å². The van der Waals surface area contributed by atoms with Crippen molar-refractivity contribution in [2.45, 2.75) is 37.4 Å². The number of rotatable bonds is 8. The molecule has 2 rings (SSSR count). The number of amides is 1. The maximum Gasteiger partial charge on any atom is 0.417 e. The van der Waals surface area contributed by atoms with Gasteiger partial charge in [0.1, 0.15) is 17.5 Å². The van der Waals surface area contributed by atoms with Crippen LogP contribution in [0.5, 0.6) is 0 Å². The quantitative estimate of drug-likeness (QED) is 0.280. The first-order chi connectivity index (χ1) is 18.0. The number of hydrogen-bond acceptors (Lipinski definition) is 3. The van der Waals surface area contributed by atoms with Gasteiger partial charge >= 0.3 is 18.5 Å². The highest BCUT2D eigenvalue weighted by atomic mass is 79.9. The number of hydrogen-bond donors (Lipinski definition) is 1. The summed E-state index contributed by atoms with van der Waals surface area (Å²) in [5, 5.41) is 1.83. The number of benzene rings is 2. The zero-order valence-corrected chi connectivity index (χ0v) is 23.8. The number of carbonyl (C=O) groups excluding carboxylic acids is 1. The van der Waals surface area contributed by atoms with Crippen molar-refractivity contribution in [1.29, 1.82) is 0 Å². The van der Waals surface area contributed by atoms with E-state index in [1.165, 1.54) is 6.07 Å². The van der Waals surface area contributed by atoms with Gasteiger partial charge in [0.15, 0.2) is 9.84 Å². The van der Waals surface area contributed by atoms with Crippen LogP contribution in [0.15, 0.2) is 51.4 Å². The lowest BCUT2D eigenvalue weighted by atomic mass is 9.95. The van der Waals surface area contributed by atoms with Crippen molar-refractivity contribution in [2.75, 3.05) is 11.5 Å². The first kappa shape index (κ1) is 34.1. The number of halogens is 12. The maximum absolute atomic E-state index is 14.9. The monoisotopic (exact) mass is 735 g/mol. The van der Waals surface area contributed by atoms with E-state index in [-0.39, 0.29) is 21.1 Å². The van der Waals surface area contributed by atoms with Crippen LogP contribution < -0.4 is 5.32 Å². The summed E-state index contributed by atoms with van der Waals surface area (Å²) in [6.45, 7) is 0.938. The first-order valence-electron chi connectivity index (χ1n) is 10.7. The summed E-state index contributed by atoms with van der Waals surface area (Å²) in [4.78, 5) is 12.4. The van der Waals surface area contributed by atoms with Gasteiger partial charge in [0.25, 0.3) is 5.91 Å². The lowest BCUT2D eigenvalue weighted by Gasteiger charge is -2.19. The molecular weight excluding hydrogens is 720 g/mol. The topological polar surface area (TPSA) is 63.2 Å². The molecule has 0 aliphatic carbocycles. The smallest absolute Gasteiger partial charge is 0.349 e. The predicted octanol–water partition coefficient (Wildman–Crippen LogP) is 7.98. The summed E-state index contributed by atoms with van der Waals surface area (Å²) in [6, 6.07) is 3.07. The van der Waals surface area contributed by atoms with Crippen LogP contribution in [0.2, 0.25) is 0 Å². The average Bonchev–Trinajstić information content (AvgIpc) is 2.72. The van der Waals surface area contributed by atoms with Crippen LogP contribution in [-0.2, 0) is 16.0 Å². The molecule has 0 aromatic heterocycles. The van der Waals surface area contributed by atoms with Crippen LogP contribution in [0.1, 0.15) is 39.9 Å². The maximum atomic E-state index is 14.9. The zero-order valence-electron chi connectivity index (χ0n) is 19.8. The highest BCUT2D eigenvalue weighted by molar-refractivity contribution is 9.11. The van der Waals surface area contributed by atoms with E-state index in [0.29, 0.717) is 12.1 Å². The van der Waals surface area contributed by atoms with Crippen LogP contribution in [-0.4, -0.2) is 44.2 Å². The van der Waals surface area contributed by atoms with Crippen molar-refractivity contribution in [3.63, 3.8) is 0 Å². The number of allylic oxidation sites excluding steroid dienone is 1. The minimum absolute atomic E-state index is 0.0665. The van der Waals surface area contributed by atoms with E-state index >= 15 is 0 Å². The Kier molecular flexibility index (Phi) is 10.5. The molecule has 0 aliphatic rings. The molecular formula is C23H17Br2F10NO3S. The fourth-order valence-corrected chi connectivity index (χ4v) is 6.33. The molecule has 2 aromatic carbocycles. The molecule has 2 unspecified atom stereocenters. The predicted molar refractivity (Wildman–Crippen MR) is 133 cm³/mol. The fraction of sp³-hybridized carbons (Fsp3) is 0.348. The van der Waals surface area contributed by atoms with Crippen molar-refractivity contribution < 1.29 is 57.1 Å². The minimum Gasteiger partial charge on any atom is -0.349 e. The molecule has 4 nitrogen and oxygen atoms in total. The molecule has 0 radical (unpaired) electrons. The number of carbonyl (C=O) groups is 1. The van der Waals surface area contributed by atoms with Gasteiger partial charge in [-0.15, -0.1) is 0 Å². The van der Waals surface area contributed by atoms with Crippen LogP contribution in [0.4, 0.5) is 43.9 Å². The standard InChI is InChI=1S/C23H17Br2F10NO3S/c1-11(9-40(38,39)10-21(27,28)29)36-20(37)16-3-2-12(6-18(16)23(33,34)35)19(26)8-17(22(30,31)32)13-4-14(24)7-15(25)5-13/h2-8,11,17H,9-10H2,1H3,(H,36,37)/b19-8-. The third kappa shape index (κ3) is 10.0. The van der Waals surface area contributed by atoms with Crippen LogP contribution in [0.3, 0.4) is 0 Å². The lowest BCUT2D eigenvalue weighted by molar-refractivity contribution is -0.140. The highest BCUT2D eigenvalue weighted by Crippen LogP contribution is 2.41. The summed E-state index contributed by atoms with van der Waals surface area (Å²) in [7, 11) is -4.79. The largest absolute Gasteiger partial charge is 0.417 e. The molecule has 0 aliphatic heterocycles. The summed E-state index contributed by atoms with van der Waals surface area (Å²) < 4.78 is 158. The number of alkyl halides is 9. The SMILES string of the molecule is CC(CS(=O)(=O)CC(F)(F)F)NC(=O)c1ccc(/C(F)=C/C(c2cc(Br)cc(Br)c2)C(F)(F)F)cc1C(F)(F)F. The average molecular weight is 737 g/mol. The molecule has 0 fully saturated rings. The Morgan fingerprint density at radius 2 is 1.50 bits per heavy atom. The van der Waals surface area contributed by atoms with Gasteiger partial charge in [-0.25, -0.2) is 12.8 Å². The fourth-order valence-electron chi connectivity index (χ4n) is 3.53. The second-order valence-electron chi connectivity index (χ2n) is 8.54. The third-order valence-electron chi connectivity index (χ3n) is 5.02. The van der Waals surface area contributed by atoms with Crippen molar-refractivity contribution in [2.24, 2.45) is 0 Å². The zero-order chi connectivity index (χ0) is 30.8. The van der Waals surface area contributed by atoms with Gasteiger partial charge in [0.05, 0.1) is 16.9 Å². The Balaban J connectivity index is 2.44. The normalized spacial score (nSPS) is 15.1. The van der Waals surface area contributed by atoms with Crippen LogP contribution in [0.25, 0.3) is 5.83 Å². The molecule has 2 atom stereocenters. The van der Waals surface area contributed by atoms with Gasteiger partial charge in [-0.3, -0.25) is 4.79 Å². The molecule has 0 saturated carbocycles. The van der Waals surface area contributed by atoms with E-state index in [1.54, 1.807) is 0 Å². The molecule has 0 bridgehead atoms. The lowest BCUT2D eigenvalue weighted by Crippen LogP contribution is -2.40. The van der Waals surface area contributed by atoms with Crippen molar-refractivity contribution in [1.82, 2.24) is 5.32 Å². The van der Waals surface area contributed by atoms with Crippen molar-refractivity contribution in [3.8, 4) is 0 Å². The van der Waals surface area contributed by atoms with Gasteiger partial charge < -0.3 is 5.32 Å². The molecule has 1 amide bonds. The Hall–Kier alpha value is -2.14. The molecule has 1 N–H and O–H groups in total. The molecule has 0 heterocycles. The van der Waals surface area contributed by atoms with E-state index in [1.807, 2.05) is 5.32 Å². The van der Waals surface area contributed by atoms with E-state index in [9.17, 15) is 57.1 Å². The second-order valence-corrected chi connectivity index (χ2v) is 12.5. The summed E-state index contributed by atoms with van der Waals surface area (Å²) >= 11 is 6.00. The van der Waals surface area contributed by atoms with E-state index in [4.69, 9.17) is 0 Å². The number of nitrogens with one attached hydrogen (secondary N) is 1. The van der Waals surface area contributed by atoms with E-state index < -0.39 is 85.8 Å². The van der Waals surface area contributed by atoms with Gasteiger partial charge in [-0.1, -0.05) is 37.9 Å². The second kappa shape index (κ2) is 12.4. The Morgan fingerprint density at radius 3 is 1.98 bits per heavy atom. The van der Waals surface area contributed by atoms with Crippen LogP contribution in [0, 0.1) is 0 Å². The Labute approximate surface area is 238 Å². The molecule has 17 heteroatoms. The van der Waals surface area contributed by atoms with Gasteiger partial charge in [-0.05, 0) is 48.9 Å².